The monoisotopic (exact) mass is 444 g/mol. The van der Waals surface area contributed by atoms with Gasteiger partial charge in [0.15, 0.2) is 5.43 Å². The number of benzene rings is 2. The summed E-state index contributed by atoms with van der Waals surface area (Å²) in [5.74, 6) is -0.736. The smallest absolute Gasteiger partial charge is 0.290 e. The minimum absolute atomic E-state index is 0.0350. The summed E-state index contributed by atoms with van der Waals surface area (Å²) in [5, 5.41) is 0.386. The van der Waals surface area contributed by atoms with Crippen molar-refractivity contribution < 1.29 is 13.6 Å². The van der Waals surface area contributed by atoms with Gasteiger partial charge in [0, 0.05) is 17.6 Å². The van der Waals surface area contributed by atoms with E-state index >= 15 is 0 Å². The molecule has 0 bridgehead atoms. The van der Waals surface area contributed by atoms with Crippen molar-refractivity contribution in [1.29, 1.82) is 0 Å². The molecule has 1 amide bonds. The van der Waals surface area contributed by atoms with E-state index in [9.17, 15) is 14.0 Å². The first-order valence-electron chi connectivity index (χ1n) is 8.84. The SMILES string of the molecule is CN(C)CCN1C(=O)c2oc3ccc(Br)cc3c(=O)c2[C@H]1c1cccc(F)c1. The molecule has 7 heteroatoms. The normalized spacial score (nSPS) is 16.2. The fourth-order valence-electron chi connectivity index (χ4n) is 3.55. The summed E-state index contributed by atoms with van der Waals surface area (Å²) < 4.78 is 20.5. The van der Waals surface area contributed by atoms with Gasteiger partial charge in [-0.3, -0.25) is 9.59 Å². The van der Waals surface area contributed by atoms with Crippen molar-refractivity contribution in [2.45, 2.75) is 6.04 Å². The van der Waals surface area contributed by atoms with Gasteiger partial charge in [0.2, 0.25) is 5.76 Å². The Morgan fingerprint density at radius 2 is 1.96 bits per heavy atom. The average molecular weight is 445 g/mol. The minimum atomic E-state index is -0.683. The molecule has 2 heterocycles. The summed E-state index contributed by atoms with van der Waals surface area (Å²) in [6, 6.07) is 10.4. The zero-order chi connectivity index (χ0) is 20.0. The van der Waals surface area contributed by atoms with Crippen LogP contribution in [0.25, 0.3) is 11.0 Å². The highest BCUT2D eigenvalue weighted by atomic mass is 79.9. The molecule has 4 rings (SSSR count). The van der Waals surface area contributed by atoms with Gasteiger partial charge < -0.3 is 14.2 Å². The molecule has 0 N–H and O–H groups in total. The number of nitrogens with zero attached hydrogens (tertiary/aromatic N) is 2. The lowest BCUT2D eigenvalue weighted by atomic mass is 9.98. The maximum Gasteiger partial charge on any atom is 0.290 e. The number of amides is 1. The lowest BCUT2D eigenvalue weighted by molar-refractivity contribution is 0.0716. The van der Waals surface area contributed by atoms with Crippen LogP contribution in [0.4, 0.5) is 4.39 Å². The van der Waals surface area contributed by atoms with Crippen LogP contribution in [0.15, 0.2) is 56.1 Å². The summed E-state index contributed by atoms with van der Waals surface area (Å²) in [5.41, 5.74) is 0.896. The van der Waals surface area contributed by atoms with Gasteiger partial charge in [-0.05, 0) is 50.0 Å². The van der Waals surface area contributed by atoms with Crippen molar-refractivity contribution in [3.8, 4) is 0 Å². The van der Waals surface area contributed by atoms with Crippen molar-refractivity contribution >= 4 is 32.8 Å². The number of carbonyl (C=O) groups is 1. The van der Waals surface area contributed by atoms with E-state index in [0.717, 1.165) is 4.47 Å². The third-order valence-corrected chi connectivity index (χ3v) is 5.37. The number of hydrogen-bond acceptors (Lipinski definition) is 4. The Hall–Kier alpha value is -2.51. The first kappa shape index (κ1) is 18.8. The molecule has 5 nitrogen and oxygen atoms in total. The van der Waals surface area contributed by atoms with Crippen molar-refractivity contribution in [2.24, 2.45) is 0 Å². The quantitative estimate of drug-likeness (QED) is 0.613. The Kier molecular flexibility index (Phi) is 4.81. The highest BCUT2D eigenvalue weighted by Gasteiger charge is 2.42. The topological polar surface area (TPSA) is 53.8 Å². The van der Waals surface area contributed by atoms with E-state index in [4.69, 9.17) is 4.42 Å². The van der Waals surface area contributed by atoms with Crippen LogP contribution in [0.2, 0.25) is 0 Å². The lowest BCUT2D eigenvalue weighted by Crippen LogP contribution is -2.35. The molecule has 0 radical (unpaired) electrons. The first-order chi connectivity index (χ1) is 13.4. The van der Waals surface area contributed by atoms with Crippen molar-refractivity contribution in [2.75, 3.05) is 27.2 Å². The second-order valence-corrected chi connectivity index (χ2v) is 7.99. The van der Waals surface area contributed by atoms with Crippen LogP contribution in [0.5, 0.6) is 0 Å². The molecule has 0 fully saturated rings. The third kappa shape index (κ3) is 3.14. The Bertz CT molecular complexity index is 1140. The molecule has 0 saturated heterocycles. The van der Waals surface area contributed by atoms with Crippen molar-refractivity contribution in [1.82, 2.24) is 9.80 Å². The second-order valence-electron chi connectivity index (χ2n) is 7.07. The van der Waals surface area contributed by atoms with Crippen LogP contribution in [0, 0.1) is 5.82 Å². The number of halogens is 2. The summed E-state index contributed by atoms with van der Waals surface area (Å²) in [6.45, 7) is 0.988. The highest BCUT2D eigenvalue weighted by molar-refractivity contribution is 9.10. The molecule has 0 saturated carbocycles. The average Bonchev–Trinajstić information content (AvgIpc) is 2.93. The molecular weight excluding hydrogens is 427 g/mol. The molecule has 28 heavy (non-hydrogen) atoms. The maximum atomic E-state index is 13.9. The Morgan fingerprint density at radius 1 is 1.18 bits per heavy atom. The van der Waals surface area contributed by atoms with Crippen LogP contribution < -0.4 is 5.43 Å². The van der Waals surface area contributed by atoms with E-state index in [1.54, 1.807) is 35.2 Å². The van der Waals surface area contributed by atoms with Crippen LogP contribution in [0.3, 0.4) is 0 Å². The fourth-order valence-corrected chi connectivity index (χ4v) is 3.92. The summed E-state index contributed by atoms with van der Waals surface area (Å²) in [7, 11) is 3.81. The van der Waals surface area contributed by atoms with Crippen molar-refractivity contribution in [3.05, 3.63) is 79.9 Å². The van der Waals surface area contributed by atoms with Gasteiger partial charge in [0.1, 0.15) is 11.4 Å². The summed E-state index contributed by atoms with van der Waals surface area (Å²) in [4.78, 5) is 29.9. The number of hydrogen-bond donors (Lipinski definition) is 0. The third-order valence-electron chi connectivity index (χ3n) is 4.88. The molecule has 2 aromatic carbocycles. The van der Waals surface area contributed by atoms with Gasteiger partial charge in [-0.15, -0.1) is 0 Å². The molecule has 144 valence electrons. The Balaban J connectivity index is 1.96. The molecule has 1 atom stereocenters. The second kappa shape index (κ2) is 7.14. The fraction of sp³-hybridized carbons (Fsp3) is 0.238. The highest BCUT2D eigenvalue weighted by Crippen LogP contribution is 2.38. The Labute approximate surface area is 169 Å². The maximum absolute atomic E-state index is 13.9. The van der Waals surface area contributed by atoms with Gasteiger partial charge in [0.05, 0.1) is 17.0 Å². The molecule has 1 aliphatic rings. The minimum Gasteiger partial charge on any atom is -0.450 e. The molecule has 1 aliphatic heterocycles. The van der Waals surface area contributed by atoms with E-state index in [1.165, 1.54) is 12.1 Å². The predicted molar refractivity (Wildman–Crippen MR) is 108 cm³/mol. The molecule has 1 aromatic heterocycles. The number of likely N-dealkylation sites (N-methyl/N-ethyl adjacent to an activating group) is 1. The lowest BCUT2D eigenvalue weighted by Gasteiger charge is -2.26. The van der Waals surface area contributed by atoms with Gasteiger partial charge in [-0.25, -0.2) is 4.39 Å². The van der Waals surface area contributed by atoms with E-state index in [-0.39, 0.29) is 22.7 Å². The molecule has 3 aromatic rings. The van der Waals surface area contributed by atoms with Gasteiger partial charge in [-0.2, -0.15) is 0 Å². The molecule has 0 aliphatic carbocycles. The zero-order valence-electron chi connectivity index (χ0n) is 15.4. The first-order valence-corrected chi connectivity index (χ1v) is 9.63. The van der Waals surface area contributed by atoms with Gasteiger partial charge in [0.25, 0.3) is 5.91 Å². The van der Waals surface area contributed by atoms with Crippen LogP contribution >= 0.6 is 15.9 Å². The van der Waals surface area contributed by atoms with E-state index in [0.29, 0.717) is 29.6 Å². The predicted octanol–water partition coefficient (Wildman–Crippen LogP) is 3.80. The van der Waals surface area contributed by atoms with Crippen molar-refractivity contribution in [3.63, 3.8) is 0 Å². The number of carbonyl (C=O) groups excluding carboxylic acids is 1. The van der Waals surface area contributed by atoms with E-state index < -0.39 is 11.9 Å². The molecule has 0 spiro atoms. The summed E-state index contributed by atoms with van der Waals surface area (Å²) >= 11 is 3.37. The zero-order valence-corrected chi connectivity index (χ0v) is 17.0. The van der Waals surface area contributed by atoms with Gasteiger partial charge >= 0.3 is 0 Å². The Morgan fingerprint density at radius 3 is 2.68 bits per heavy atom. The van der Waals surface area contributed by atoms with E-state index in [1.807, 2.05) is 19.0 Å². The van der Waals surface area contributed by atoms with Crippen LogP contribution in [0.1, 0.15) is 27.7 Å². The molecule has 0 unspecified atom stereocenters. The standard InChI is InChI=1S/C21H18BrFN2O3/c1-24(2)8-9-25-18(12-4-3-5-14(23)10-12)17-19(26)15-11-13(22)6-7-16(15)28-20(17)21(25)27/h3-7,10-11,18H,8-9H2,1-2H3/t18-/m1/s1. The van der Waals surface area contributed by atoms with Gasteiger partial charge in [-0.1, -0.05) is 28.1 Å². The molecular formula is C21H18BrFN2O3. The number of rotatable bonds is 4. The number of fused-ring (bicyclic) bond motifs is 2. The summed E-state index contributed by atoms with van der Waals surface area (Å²) in [6.07, 6.45) is 0. The van der Waals surface area contributed by atoms with Crippen LogP contribution in [-0.2, 0) is 0 Å². The van der Waals surface area contributed by atoms with Crippen LogP contribution in [-0.4, -0.2) is 42.9 Å². The van der Waals surface area contributed by atoms with E-state index in [2.05, 4.69) is 15.9 Å². The largest absolute Gasteiger partial charge is 0.450 e.